The van der Waals surface area contributed by atoms with Gasteiger partial charge in [0.05, 0.1) is 6.10 Å². The maximum Gasteiger partial charge on any atom is 0.171 e. The van der Waals surface area contributed by atoms with E-state index >= 15 is 0 Å². The van der Waals surface area contributed by atoms with E-state index in [-0.39, 0.29) is 23.0 Å². The van der Waals surface area contributed by atoms with Crippen LogP contribution < -0.4 is 5.11 Å². The minimum atomic E-state index is -0.357. The van der Waals surface area contributed by atoms with E-state index in [2.05, 4.69) is 6.92 Å². The summed E-state index contributed by atoms with van der Waals surface area (Å²) >= 11 is 0. The Kier molecular flexibility index (Phi) is 2.81. The molecule has 0 saturated heterocycles. The third kappa shape index (κ3) is 1.76. The van der Waals surface area contributed by atoms with E-state index in [1.54, 1.807) is 12.1 Å². The minimum Gasteiger partial charge on any atom is -0.870 e. The first-order chi connectivity index (χ1) is 10.0. The van der Waals surface area contributed by atoms with Gasteiger partial charge in [-0.2, -0.15) is 0 Å². The standard InChI is InChI=1S/C18H23O3/c1-18-7-6-11-12(14(18)4-5-17(18)21)3-2-10-8-15(19)16(20)9-13(10)11/h8-9,11-12,14,17,19,21H,2-7H2,1H3/p-1/t11-,12+,14-,17?,18-/m0/s1. The molecule has 1 aromatic carbocycles. The second-order valence-electron chi connectivity index (χ2n) is 7.55. The summed E-state index contributed by atoms with van der Waals surface area (Å²) in [6, 6.07) is 3.19. The van der Waals surface area contributed by atoms with Crippen LogP contribution in [-0.2, 0) is 11.5 Å². The highest BCUT2D eigenvalue weighted by atomic mass is 16.3. The molecule has 4 rings (SSSR count). The van der Waals surface area contributed by atoms with Crippen LogP contribution in [-0.4, -0.2) is 11.2 Å². The molecule has 0 aliphatic heterocycles. The number of aliphatic hydroxyl groups excluding tert-OH is 1. The van der Waals surface area contributed by atoms with Crippen molar-refractivity contribution < 1.29 is 15.3 Å². The Hall–Kier alpha value is -1.22. The zero-order valence-electron chi connectivity index (χ0n) is 12.5. The van der Waals surface area contributed by atoms with E-state index in [4.69, 9.17) is 0 Å². The van der Waals surface area contributed by atoms with Gasteiger partial charge in [0.1, 0.15) is 0 Å². The molecule has 5 atom stereocenters. The molecule has 3 aliphatic carbocycles. The van der Waals surface area contributed by atoms with Crippen LogP contribution in [0.25, 0.3) is 0 Å². The molecule has 0 bridgehead atoms. The van der Waals surface area contributed by atoms with Gasteiger partial charge in [-0.15, -0.1) is 0 Å². The van der Waals surface area contributed by atoms with Gasteiger partial charge in [0, 0.05) is 0 Å². The van der Waals surface area contributed by atoms with Crippen molar-refractivity contribution in [2.75, 3.05) is 0 Å². The summed E-state index contributed by atoms with van der Waals surface area (Å²) in [6.07, 6.45) is 5.95. The molecular formula is C18H22O3-. The minimum absolute atomic E-state index is 0.0669. The summed E-state index contributed by atoms with van der Waals surface area (Å²) in [5.74, 6) is 0.857. The van der Waals surface area contributed by atoms with Gasteiger partial charge in [-0.25, -0.2) is 0 Å². The normalized spacial score (nSPS) is 41.2. The van der Waals surface area contributed by atoms with Crippen LogP contribution in [0.2, 0.25) is 0 Å². The van der Waals surface area contributed by atoms with Crippen molar-refractivity contribution in [1.82, 2.24) is 0 Å². The topological polar surface area (TPSA) is 63.2 Å². The summed E-state index contributed by atoms with van der Waals surface area (Å²) in [5.41, 5.74) is 2.31. The summed E-state index contributed by atoms with van der Waals surface area (Å²) < 4.78 is 0. The van der Waals surface area contributed by atoms with Crippen molar-refractivity contribution in [3.05, 3.63) is 23.3 Å². The van der Waals surface area contributed by atoms with E-state index in [0.29, 0.717) is 17.8 Å². The maximum atomic E-state index is 11.8. The summed E-state index contributed by atoms with van der Waals surface area (Å²) in [6.45, 7) is 2.25. The van der Waals surface area contributed by atoms with E-state index in [9.17, 15) is 15.3 Å². The summed E-state index contributed by atoms with van der Waals surface area (Å²) in [4.78, 5) is 0. The molecule has 0 aromatic heterocycles. The van der Waals surface area contributed by atoms with Gasteiger partial charge in [0.2, 0.25) is 0 Å². The fraction of sp³-hybridized carbons (Fsp3) is 0.667. The van der Waals surface area contributed by atoms with Gasteiger partial charge in [0.25, 0.3) is 0 Å². The highest BCUT2D eigenvalue weighted by Gasteiger charge is 2.54. The quantitative estimate of drug-likeness (QED) is 0.796. The smallest absolute Gasteiger partial charge is 0.171 e. The number of aliphatic hydroxyl groups is 1. The lowest BCUT2D eigenvalue weighted by atomic mass is 9.55. The molecule has 2 saturated carbocycles. The third-order valence-electron chi connectivity index (χ3n) is 6.74. The first-order valence-electron chi connectivity index (χ1n) is 8.19. The van der Waals surface area contributed by atoms with E-state index in [1.165, 1.54) is 0 Å². The van der Waals surface area contributed by atoms with Crippen LogP contribution in [0.1, 0.15) is 56.1 Å². The van der Waals surface area contributed by atoms with Crippen LogP contribution in [0, 0.1) is 17.3 Å². The van der Waals surface area contributed by atoms with Crippen LogP contribution in [0.15, 0.2) is 12.1 Å². The first kappa shape index (κ1) is 13.4. The Bertz CT molecular complexity index is 582. The van der Waals surface area contributed by atoms with Crippen molar-refractivity contribution in [3.63, 3.8) is 0 Å². The first-order valence-corrected chi connectivity index (χ1v) is 8.19. The van der Waals surface area contributed by atoms with Gasteiger partial charge >= 0.3 is 0 Å². The van der Waals surface area contributed by atoms with E-state index in [0.717, 1.165) is 49.7 Å². The number of fused-ring (bicyclic) bond motifs is 5. The van der Waals surface area contributed by atoms with Gasteiger partial charge in [0.15, 0.2) is 5.75 Å². The van der Waals surface area contributed by atoms with Crippen molar-refractivity contribution >= 4 is 0 Å². The zero-order chi connectivity index (χ0) is 14.8. The number of hydrogen-bond acceptors (Lipinski definition) is 2. The number of hydrogen-bond donors (Lipinski definition) is 1. The molecule has 1 radical (unpaired) electrons. The van der Waals surface area contributed by atoms with Gasteiger partial charge < -0.3 is 10.2 Å². The SMILES string of the molecule is C[C@]12CC[C@@H]3c4cc([O])c([O-])cc4CC[C@H]3[C@@H]1CCC2O. The van der Waals surface area contributed by atoms with Crippen LogP contribution in [0.3, 0.4) is 0 Å². The Balaban J connectivity index is 1.73. The Labute approximate surface area is 125 Å². The Morgan fingerprint density at radius 1 is 1.24 bits per heavy atom. The predicted molar refractivity (Wildman–Crippen MR) is 76.6 cm³/mol. The lowest BCUT2D eigenvalue weighted by Gasteiger charge is -2.50. The average molecular weight is 286 g/mol. The molecule has 2 fully saturated rings. The summed E-state index contributed by atoms with van der Waals surface area (Å²) in [5, 5.41) is 33.7. The van der Waals surface area contributed by atoms with Gasteiger partial charge in [-0.1, -0.05) is 18.7 Å². The molecule has 0 heterocycles. The van der Waals surface area contributed by atoms with Gasteiger partial charge in [-0.3, -0.25) is 5.11 Å². The summed E-state index contributed by atoms with van der Waals surface area (Å²) in [7, 11) is 0. The lowest BCUT2D eigenvalue weighted by Crippen LogP contribution is -2.43. The average Bonchev–Trinajstić information content (AvgIpc) is 2.76. The molecule has 3 nitrogen and oxygen atoms in total. The fourth-order valence-electron chi connectivity index (χ4n) is 5.55. The maximum absolute atomic E-state index is 11.8. The molecule has 0 amide bonds. The molecule has 113 valence electrons. The highest BCUT2D eigenvalue weighted by molar-refractivity contribution is 5.47. The number of aryl methyl sites for hydroxylation is 1. The van der Waals surface area contributed by atoms with Crippen molar-refractivity contribution in [1.29, 1.82) is 0 Å². The largest absolute Gasteiger partial charge is 0.870 e. The zero-order valence-corrected chi connectivity index (χ0v) is 12.5. The number of rotatable bonds is 0. The second-order valence-corrected chi connectivity index (χ2v) is 7.55. The Morgan fingerprint density at radius 3 is 2.86 bits per heavy atom. The molecular weight excluding hydrogens is 264 g/mol. The van der Waals surface area contributed by atoms with Crippen molar-refractivity contribution in [2.24, 2.45) is 17.3 Å². The van der Waals surface area contributed by atoms with Crippen LogP contribution >= 0.6 is 0 Å². The van der Waals surface area contributed by atoms with Crippen molar-refractivity contribution in [2.45, 2.75) is 57.5 Å². The van der Waals surface area contributed by atoms with Crippen LogP contribution in [0.4, 0.5) is 0 Å². The van der Waals surface area contributed by atoms with Crippen LogP contribution in [0.5, 0.6) is 11.5 Å². The van der Waals surface area contributed by atoms with Gasteiger partial charge in [-0.05, 0) is 78.9 Å². The predicted octanol–water partition coefficient (Wildman–Crippen LogP) is 3.12. The number of benzene rings is 1. The molecule has 21 heavy (non-hydrogen) atoms. The van der Waals surface area contributed by atoms with E-state index < -0.39 is 0 Å². The fourth-order valence-corrected chi connectivity index (χ4v) is 5.55. The molecule has 0 spiro atoms. The Morgan fingerprint density at radius 2 is 2.05 bits per heavy atom. The molecule has 1 unspecified atom stereocenters. The van der Waals surface area contributed by atoms with E-state index in [1.807, 2.05) is 0 Å². The molecule has 3 heteroatoms. The monoisotopic (exact) mass is 286 g/mol. The lowest BCUT2D eigenvalue weighted by molar-refractivity contribution is -0.271. The highest BCUT2D eigenvalue weighted by Crippen LogP contribution is 2.61. The second kappa shape index (κ2) is 4.39. The third-order valence-corrected chi connectivity index (χ3v) is 6.74. The molecule has 1 aromatic rings. The van der Waals surface area contributed by atoms with Crippen molar-refractivity contribution in [3.8, 4) is 11.5 Å². The molecule has 1 N–H and O–H groups in total. The molecule has 3 aliphatic rings.